The Hall–Kier alpha value is -3.83. The summed E-state index contributed by atoms with van der Waals surface area (Å²) in [7, 11) is 1.54. The lowest BCUT2D eigenvalue weighted by Crippen LogP contribution is -2.47. The predicted molar refractivity (Wildman–Crippen MR) is 162 cm³/mol. The van der Waals surface area contributed by atoms with Gasteiger partial charge in [0, 0.05) is 32.4 Å². The van der Waals surface area contributed by atoms with Crippen molar-refractivity contribution in [2.75, 3.05) is 43.5 Å². The van der Waals surface area contributed by atoms with Crippen LogP contribution in [0, 0.1) is 5.92 Å². The van der Waals surface area contributed by atoms with Gasteiger partial charge in [-0.1, -0.05) is 13.8 Å². The van der Waals surface area contributed by atoms with E-state index in [1.807, 2.05) is 19.1 Å². The van der Waals surface area contributed by atoms with Crippen LogP contribution in [0.1, 0.15) is 83.4 Å². The van der Waals surface area contributed by atoms with Crippen LogP contribution in [0.5, 0.6) is 0 Å². The Balaban J connectivity index is 1.57. The molecule has 1 unspecified atom stereocenters. The summed E-state index contributed by atoms with van der Waals surface area (Å²) in [5.74, 6) is 1.09. The third-order valence-electron chi connectivity index (χ3n) is 7.22. The number of ether oxygens (including phenoxy) is 2. The number of nitrogens with one attached hydrogen (secondary N) is 2. The fraction of sp³-hybridized carbons (Fsp3) is 0.633. The molecule has 0 aromatic carbocycles. The number of likely N-dealkylation sites (N-methyl/N-ethyl adjacent to an activating group) is 1. The van der Waals surface area contributed by atoms with Gasteiger partial charge in [-0.2, -0.15) is 0 Å². The van der Waals surface area contributed by atoms with Crippen molar-refractivity contribution in [3.63, 3.8) is 0 Å². The number of nitrogens with two attached hydrogens (primary N) is 1. The number of rotatable bonds is 12. The van der Waals surface area contributed by atoms with E-state index < -0.39 is 23.6 Å². The first-order chi connectivity index (χ1) is 19.8. The predicted octanol–water partition coefficient (Wildman–Crippen LogP) is 3.74. The minimum Gasteiger partial charge on any atom is -0.494 e. The van der Waals surface area contributed by atoms with Gasteiger partial charge in [-0.05, 0) is 77.9 Å². The van der Waals surface area contributed by atoms with Crippen LogP contribution >= 0.6 is 0 Å². The van der Waals surface area contributed by atoms with Crippen molar-refractivity contribution in [2.45, 2.75) is 85.3 Å². The molecular formula is C30H47N7O5. The highest BCUT2D eigenvalue weighted by Crippen LogP contribution is 2.29. The molecule has 1 aromatic rings. The second kappa shape index (κ2) is 14.4. The summed E-state index contributed by atoms with van der Waals surface area (Å²) in [5, 5.41) is 6.17. The van der Waals surface area contributed by atoms with E-state index in [1.165, 1.54) is 4.90 Å². The number of aromatic nitrogens is 2. The van der Waals surface area contributed by atoms with Gasteiger partial charge in [-0.25, -0.2) is 14.8 Å². The van der Waals surface area contributed by atoms with Crippen LogP contribution in [0.4, 0.5) is 16.4 Å². The van der Waals surface area contributed by atoms with E-state index in [0.717, 1.165) is 49.6 Å². The maximum Gasteiger partial charge on any atom is 0.410 e. The van der Waals surface area contributed by atoms with E-state index in [2.05, 4.69) is 27.4 Å². The van der Waals surface area contributed by atoms with Gasteiger partial charge in [0.1, 0.15) is 17.4 Å². The third kappa shape index (κ3) is 8.83. The molecule has 1 aliphatic carbocycles. The number of amides is 3. The first-order valence-electron chi connectivity index (χ1n) is 14.8. The molecule has 232 valence electrons. The highest BCUT2D eigenvalue weighted by Gasteiger charge is 2.27. The highest BCUT2D eigenvalue weighted by atomic mass is 16.6. The van der Waals surface area contributed by atoms with E-state index in [0.29, 0.717) is 37.6 Å². The lowest BCUT2D eigenvalue weighted by Gasteiger charge is -2.28. The van der Waals surface area contributed by atoms with E-state index in [1.54, 1.807) is 34.7 Å². The van der Waals surface area contributed by atoms with Gasteiger partial charge < -0.3 is 30.7 Å². The number of hydrogen-bond acceptors (Lipinski definition) is 9. The molecule has 0 spiro atoms. The molecule has 0 radical (unpaired) electrons. The summed E-state index contributed by atoms with van der Waals surface area (Å²) in [6.07, 6.45) is 7.54. The molecule has 0 bridgehead atoms. The topological polar surface area (TPSA) is 152 Å². The van der Waals surface area contributed by atoms with Crippen molar-refractivity contribution in [3.05, 3.63) is 35.0 Å². The van der Waals surface area contributed by atoms with E-state index in [-0.39, 0.29) is 17.5 Å². The zero-order valence-corrected chi connectivity index (χ0v) is 26.1. The van der Waals surface area contributed by atoms with Gasteiger partial charge in [0.15, 0.2) is 17.3 Å². The summed E-state index contributed by atoms with van der Waals surface area (Å²) in [6, 6.07) is -0.675. The van der Waals surface area contributed by atoms with Gasteiger partial charge in [-0.3, -0.25) is 14.5 Å². The van der Waals surface area contributed by atoms with Gasteiger partial charge in [0.2, 0.25) is 5.91 Å². The molecule has 1 saturated heterocycles. The van der Waals surface area contributed by atoms with Crippen LogP contribution in [-0.2, 0) is 20.7 Å². The molecule has 0 saturated carbocycles. The number of allylic oxidation sites excluding steroid dienone is 3. The molecule has 2 aliphatic rings. The third-order valence-corrected chi connectivity index (χ3v) is 7.22. The second-order valence-electron chi connectivity index (χ2n) is 11.8. The zero-order chi connectivity index (χ0) is 31.0. The van der Waals surface area contributed by atoms with Crippen LogP contribution in [0.25, 0.3) is 0 Å². The fourth-order valence-electron chi connectivity index (χ4n) is 4.60. The zero-order valence-electron chi connectivity index (χ0n) is 26.1. The van der Waals surface area contributed by atoms with Crippen molar-refractivity contribution in [3.8, 4) is 0 Å². The van der Waals surface area contributed by atoms with Crippen molar-refractivity contribution in [2.24, 2.45) is 11.7 Å². The Kier molecular flexibility index (Phi) is 11.2. The number of carbonyl (C=O) groups is 3. The molecule has 4 N–H and O–H groups in total. The first kappa shape index (κ1) is 32.7. The lowest BCUT2D eigenvalue weighted by atomic mass is 9.98. The lowest BCUT2D eigenvalue weighted by molar-refractivity contribution is -0.125. The molecule has 3 rings (SSSR count). The molecule has 12 heteroatoms. The van der Waals surface area contributed by atoms with E-state index in [4.69, 9.17) is 20.2 Å². The number of anilines is 2. The molecule has 3 amide bonds. The Bertz CT molecular complexity index is 1200. The van der Waals surface area contributed by atoms with Crippen LogP contribution in [0.15, 0.2) is 23.6 Å². The first-order valence-corrected chi connectivity index (χ1v) is 14.8. The normalized spacial score (nSPS) is 17.6. The summed E-state index contributed by atoms with van der Waals surface area (Å²) in [6.45, 7) is 13.7. The summed E-state index contributed by atoms with van der Waals surface area (Å²) in [5.41, 5.74) is 6.80. The van der Waals surface area contributed by atoms with Crippen molar-refractivity contribution < 1.29 is 23.9 Å². The molecular weight excluding hydrogens is 538 g/mol. The molecule has 1 aliphatic heterocycles. The van der Waals surface area contributed by atoms with Gasteiger partial charge in [-0.15, -0.1) is 0 Å². The number of carbonyl (C=O) groups excluding carboxylic acids is 3. The summed E-state index contributed by atoms with van der Waals surface area (Å²) in [4.78, 5) is 50.0. The van der Waals surface area contributed by atoms with Gasteiger partial charge in [0.05, 0.1) is 12.3 Å². The minimum absolute atomic E-state index is 0.127. The molecule has 12 nitrogen and oxygen atoms in total. The molecule has 1 aromatic heterocycles. The molecule has 1 fully saturated rings. The van der Waals surface area contributed by atoms with E-state index >= 15 is 0 Å². The monoisotopic (exact) mass is 585 g/mol. The maximum absolute atomic E-state index is 12.5. The fourth-order valence-corrected chi connectivity index (χ4v) is 4.60. The Labute approximate surface area is 249 Å². The average molecular weight is 586 g/mol. The Morgan fingerprint density at radius 3 is 2.52 bits per heavy atom. The van der Waals surface area contributed by atoms with Crippen LogP contribution in [0.3, 0.4) is 0 Å². The summed E-state index contributed by atoms with van der Waals surface area (Å²) < 4.78 is 11.3. The highest BCUT2D eigenvalue weighted by molar-refractivity contribution is 5.96. The van der Waals surface area contributed by atoms with Gasteiger partial charge in [0.25, 0.3) is 5.91 Å². The van der Waals surface area contributed by atoms with Crippen LogP contribution in [0.2, 0.25) is 0 Å². The molecule has 2 heterocycles. The standard InChI is InChI=1S/C30H47N7O5/c1-8-22-27(37-15-9-10-16-37)35-26(24(33-22)25(31)38)34-23-18-21(13-12-19(23)2)41-17-11-14-32-28(39)20(3)36(7)29(40)42-30(4,5)6/h13,18-20H,8-12,14-17H2,1-7H3,(H2,31,38)(H,32,39)(H,34,35)/t19?,20-/m0/s1. The molecule has 42 heavy (non-hydrogen) atoms. The Morgan fingerprint density at radius 2 is 1.90 bits per heavy atom. The Morgan fingerprint density at radius 1 is 1.21 bits per heavy atom. The SMILES string of the molecule is CCc1nc(C(N)=O)c(NC2=CC(OCCCNC(=O)[C@H](C)N(C)C(=O)OC(C)(C)C)=CCC2C)nc1N1CCCC1. The smallest absolute Gasteiger partial charge is 0.410 e. The number of primary amides is 1. The second-order valence-corrected chi connectivity index (χ2v) is 11.8. The summed E-state index contributed by atoms with van der Waals surface area (Å²) >= 11 is 0. The number of nitrogens with zero attached hydrogens (tertiary/aromatic N) is 4. The van der Waals surface area contributed by atoms with Crippen LogP contribution < -0.4 is 21.3 Å². The number of aryl methyl sites for hydroxylation is 1. The van der Waals surface area contributed by atoms with E-state index in [9.17, 15) is 14.4 Å². The molecule has 2 atom stereocenters. The van der Waals surface area contributed by atoms with Crippen LogP contribution in [-0.4, -0.2) is 77.7 Å². The average Bonchev–Trinajstić information content (AvgIpc) is 3.47. The van der Waals surface area contributed by atoms with Crippen molar-refractivity contribution in [1.82, 2.24) is 20.2 Å². The van der Waals surface area contributed by atoms with Crippen molar-refractivity contribution >= 4 is 29.5 Å². The maximum atomic E-state index is 12.5. The largest absolute Gasteiger partial charge is 0.494 e. The number of hydrogen-bond donors (Lipinski definition) is 3. The van der Waals surface area contributed by atoms with Crippen molar-refractivity contribution in [1.29, 1.82) is 0 Å². The minimum atomic E-state index is -0.675. The van der Waals surface area contributed by atoms with Gasteiger partial charge >= 0.3 is 6.09 Å². The quantitative estimate of drug-likeness (QED) is 0.312.